The molecule has 0 radical (unpaired) electrons. The summed E-state index contributed by atoms with van der Waals surface area (Å²) in [5.74, 6) is 0.932. The SMILES string of the molecule is C1=CNC(C2=CCC=CO2)=CC1. The lowest BCUT2D eigenvalue weighted by molar-refractivity contribution is 0.347. The summed E-state index contributed by atoms with van der Waals surface area (Å²) in [5.41, 5.74) is 1.07. The lowest BCUT2D eigenvalue weighted by Gasteiger charge is -2.15. The topological polar surface area (TPSA) is 21.3 Å². The zero-order chi connectivity index (χ0) is 8.23. The van der Waals surface area contributed by atoms with Gasteiger partial charge in [0.05, 0.1) is 12.0 Å². The summed E-state index contributed by atoms with van der Waals surface area (Å²) in [5, 5.41) is 3.14. The molecular weight excluding hydrogens is 150 g/mol. The van der Waals surface area contributed by atoms with Crippen LogP contribution in [0.5, 0.6) is 0 Å². The molecular formula is C10H11NO. The van der Waals surface area contributed by atoms with Crippen LogP contribution in [0.2, 0.25) is 0 Å². The maximum atomic E-state index is 5.33. The fourth-order valence-electron chi connectivity index (χ4n) is 1.21. The van der Waals surface area contributed by atoms with Gasteiger partial charge >= 0.3 is 0 Å². The molecule has 0 aromatic rings. The normalized spacial score (nSPS) is 20.7. The molecule has 0 aliphatic carbocycles. The predicted molar refractivity (Wildman–Crippen MR) is 47.9 cm³/mol. The molecule has 2 aliphatic heterocycles. The largest absolute Gasteiger partial charge is 0.463 e. The summed E-state index contributed by atoms with van der Waals surface area (Å²) in [6.45, 7) is 0. The van der Waals surface area contributed by atoms with E-state index >= 15 is 0 Å². The third-order valence-electron chi connectivity index (χ3n) is 1.81. The first-order valence-corrected chi connectivity index (χ1v) is 4.11. The molecule has 1 N–H and O–H groups in total. The average Bonchev–Trinajstić information content (AvgIpc) is 2.21. The number of hydrogen-bond donors (Lipinski definition) is 1. The smallest absolute Gasteiger partial charge is 0.145 e. The van der Waals surface area contributed by atoms with E-state index in [9.17, 15) is 0 Å². The first-order valence-electron chi connectivity index (χ1n) is 4.11. The number of ether oxygens (including phenoxy) is 1. The number of hydrogen-bond acceptors (Lipinski definition) is 2. The Morgan fingerprint density at radius 2 is 2.08 bits per heavy atom. The summed E-state index contributed by atoms with van der Waals surface area (Å²) in [4.78, 5) is 0. The Balaban J connectivity index is 2.08. The van der Waals surface area contributed by atoms with Gasteiger partial charge in [-0.2, -0.15) is 0 Å². The number of rotatable bonds is 1. The number of nitrogens with one attached hydrogen (secondary N) is 1. The molecule has 2 rings (SSSR count). The van der Waals surface area contributed by atoms with Crippen LogP contribution in [0.15, 0.2) is 48.2 Å². The van der Waals surface area contributed by atoms with Crippen molar-refractivity contribution in [2.24, 2.45) is 0 Å². The van der Waals surface area contributed by atoms with Gasteiger partial charge in [0.25, 0.3) is 0 Å². The van der Waals surface area contributed by atoms with Crippen LogP contribution >= 0.6 is 0 Å². The van der Waals surface area contributed by atoms with E-state index in [0.717, 1.165) is 24.3 Å². The highest BCUT2D eigenvalue weighted by Gasteiger charge is 2.06. The van der Waals surface area contributed by atoms with Crippen LogP contribution in [0, 0.1) is 0 Å². The van der Waals surface area contributed by atoms with Crippen molar-refractivity contribution in [3.05, 3.63) is 48.2 Å². The molecule has 2 heterocycles. The molecule has 0 aromatic heterocycles. The summed E-state index contributed by atoms with van der Waals surface area (Å²) >= 11 is 0. The van der Waals surface area contributed by atoms with Crippen molar-refractivity contribution in [2.75, 3.05) is 0 Å². The van der Waals surface area contributed by atoms with E-state index in [1.54, 1.807) is 6.26 Å². The zero-order valence-corrected chi connectivity index (χ0v) is 6.79. The van der Waals surface area contributed by atoms with Crippen LogP contribution in [0.1, 0.15) is 12.8 Å². The third kappa shape index (κ3) is 1.42. The maximum absolute atomic E-state index is 5.33. The van der Waals surface area contributed by atoms with Gasteiger partial charge in [0.2, 0.25) is 0 Å². The van der Waals surface area contributed by atoms with Gasteiger partial charge in [-0.05, 0) is 31.2 Å². The van der Waals surface area contributed by atoms with Crippen molar-refractivity contribution in [1.82, 2.24) is 5.32 Å². The molecule has 0 bridgehead atoms. The fourth-order valence-corrected chi connectivity index (χ4v) is 1.21. The van der Waals surface area contributed by atoms with Crippen LogP contribution in [0.4, 0.5) is 0 Å². The van der Waals surface area contributed by atoms with E-state index in [1.165, 1.54) is 0 Å². The quantitative estimate of drug-likeness (QED) is 0.636. The minimum Gasteiger partial charge on any atom is -0.463 e. The molecule has 2 heteroatoms. The van der Waals surface area contributed by atoms with Crippen molar-refractivity contribution in [1.29, 1.82) is 0 Å². The van der Waals surface area contributed by atoms with E-state index < -0.39 is 0 Å². The van der Waals surface area contributed by atoms with Gasteiger partial charge in [0, 0.05) is 0 Å². The van der Waals surface area contributed by atoms with Gasteiger partial charge < -0.3 is 10.1 Å². The highest BCUT2D eigenvalue weighted by atomic mass is 16.5. The monoisotopic (exact) mass is 161 g/mol. The van der Waals surface area contributed by atoms with Gasteiger partial charge in [-0.3, -0.25) is 0 Å². The highest BCUT2D eigenvalue weighted by molar-refractivity contribution is 5.30. The minimum atomic E-state index is 0.932. The van der Waals surface area contributed by atoms with E-state index in [1.807, 2.05) is 12.3 Å². The summed E-state index contributed by atoms with van der Waals surface area (Å²) in [6.07, 6.45) is 13.9. The first kappa shape index (κ1) is 7.22. The number of allylic oxidation sites excluding steroid dienone is 4. The molecule has 0 spiro atoms. The lowest BCUT2D eigenvalue weighted by Crippen LogP contribution is -2.11. The Morgan fingerprint density at radius 3 is 2.75 bits per heavy atom. The van der Waals surface area contributed by atoms with Crippen molar-refractivity contribution in [2.45, 2.75) is 12.8 Å². The Labute approximate surface area is 71.9 Å². The van der Waals surface area contributed by atoms with Crippen molar-refractivity contribution < 1.29 is 4.74 Å². The van der Waals surface area contributed by atoms with Gasteiger partial charge in [-0.15, -0.1) is 0 Å². The van der Waals surface area contributed by atoms with Crippen LogP contribution in [0.3, 0.4) is 0 Å². The second kappa shape index (κ2) is 3.30. The Hall–Kier alpha value is -1.44. The standard InChI is InChI=1S/C10H11NO/c1-3-7-11-9(5-1)10-6-2-4-8-12-10/h3-8,11H,1-2H2. The van der Waals surface area contributed by atoms with Gasteiger partial charge in [-0.25, -0.2) is 0 Å². The second-order valence-corrected chi connectivity index (χ2v) is 2.69. The maximum Gasteiger partial charge on any atom is 0.145 e. The van der Waals surface area contributed by atoms with E-state index in [4.69, 9.17) is 4.74 Å². The number of dihydropyridines is 1. The molecule has 0 aromatic carbocycles. The zero-order valence-electron chi connectivity index (χ0n) is 6.79. The molecule has 0 amide bonds. The summed E-state index contributed by atoms with van der Waals surface area (Å²) in [7, 11) is 0. The highest BCUT2D eigenvalue weighted by Crippen LogP contribution is 2.16. The Kier molecular flexibility index (Phi) is 1.99. The Morgan fingerprint density at radius 1 is 1.17 bits per heavy atom. The van der Waals surface area contributed by atoms with Crippen LogP contribution < -0.4 is 5.32 Å². The minimum absolute atomic E-state index is 0.932. The molecule has 12 heavy (non-hydrogen) atoms. The molecule has 2 aliphatic rings. The molecule has 0 fully saturated rings. The van der Waals surface area contributed by atoms with Crippen LogP contribution in [0.25, 0.3) is 0 Å². The van der Waals surface area contributed by atoms with Crippen molar-refractivity contribution >= 4 is 0 Å². The van der Waals surface area contributed by atoms with Crippen molar-refractivity contribution in [3.8, 4) is 0 Å². The van der Waals surface area contributed by atoms with E-state index in [0.29, 0.717) is 0 Å². The summed E-state index contributed by atoms with van der Waals surface area (Å²) in [6, 6.07) is 0. The molecule has 0 saturated heterocycles. The third-order valence-corrected chi connectivity index (χ3v) is 1.81. The van der Waals surface area contributed by atoms with Crippen LogP contribution in [-0.2, 0) is 4.74 Å². The summed E-state index contributed by atoms with van der Waals surface area (Å²) < 4.78 is 5.33. The van der Waals surface area contributed by atoms with E-state index in [2.05, 4.69) is 23.5 Å². The van der Waals surface area contributed by atoms with Gasteiger partial charge in [0.15, 0.2) is 0 Å². The lowest BCUT2D eigenvalue weighted by atomic mass is 10.2. The van der Waals surface area contributed by atoms with Crippen LogP contribution in [-0.4, -0.2) is 0 Å². The van der Waals surface area contributed by atoms with E-state index in [-0.39, 0.29) is 0 Å². The fraction of sp³-hybridized carbons (Fsp3) is 0.200. The molecule has 0 unspecified atom stereocenters. The molecule has 0 atom stereocenters. The molecule has 62 valence electrons. The molecule has 0 saturated carbocycles. The first-order chi connectivity index (χ1) is 5.97. The molecule has 2 nitrogen and oxygen atoms in total. The average molecular weight is 161 g/mol. The van der Waals surface area contributed by atoms with Crippen molar-refractivity contribution in [3.63, 3.8) is 0 Å². The Bertz CT molecular complexity index is 254. The van der Waals surface area contributed by atoms with Gasteiger partial charge in [-0.1, -0.05) is 12.2 Å². The predicted octanol–water partition coefficient (Wildman–Crippen LogP) is 2.20. The second-order valence-electron chi connectivity index (χ2n) is 2.69. The van der Waals surface area contributed by atoms with Gasteiger partial charge in [0.1, 0.15) is 5.76 Å².